The van der Waals surface area contributed by atoms with E-state index in [0.717, 1.165) is 0 Å². The predicted molar refractivity (Wildman–Crippen MR) is 68.8 cm³/mol. The maximum Gasteiger partial charge on any atom is 0.233 e. The fraction of sp³-hybridized carbons (Fsp3) is 0.182. The van der Waals surface area contributed by atoms with E-state index in [2.05, 4.69) is 20.3 Å². The molecule has 0 saturated heterocycles. The van der Waals surface area contributed by atoms with Gasteiger partial charge < -0.3 is 10.2 Å². The molecule has 2 aromatic rings. The lowest BCUT2D eigenvalue weighted by Crippen LogP contribution is -2.14. The fourth-order valence-electron chi connectivity index (χ4n) is 1.28. The second kappa shape index (κ2) is 5.14. The van der Waals surface area contributed by atoms with Crippen molar-refractivity contribution in [3.63, 3.8) is 0 Å². The van der Waals surface area contributed by atoms with Crippen LogP contribution in [-0.2, 0) is 0 Å². The summed E-state index contributed by atoms with van der Waals surface area (Å²) in [7, 11) is 3.55. The number of anilines is 3. The number of hydrogen-bond donors (Lipinski definition) is 1. The lowest BCUT2D eigenvalue weighted by molar-refractivity contribution is 0.631. The standard InChI is InChI=1S/C11H11ClFN5/c1-18(2)11-16-9(12)15-10(17-11)14-8-6-4-3-5-7(8)13/h3-6H,1-2H3,(H,14,15,16,17). The number of para-hydroxylation sites is 1. The van der Waals surface area contributed by atoms with Crippen LogP contribution in [0.15, 0.2) is 24.3 Å². The van der Waals surface area contributed by atoms with Crippen LogP contribution in [0.2, 0.25) is 5.28 Å². The molecule has 0 atom stereocenters. The maximum absolute atomic E-state index is 13.5. The molecule has 0 radical (unpaired) electrons. The van der Waals surface area contributed by atoms with Gasteiger partial charge in [0.25, 0.3) is 0 Å². The van der Waals surface area contributed by atoms with E-state index >= 15 is 0 Å². The molecule has 1 aromatic carbocycles. The summed E-state index contributed by atoms with van der Waals surface area (Å²) in [6.07, 6.45) is 0. The number of nitrogens with zero attached hydrogens (tertiary/aromatic N) is 4. The first-order chi connectivity index (χ1) is 8.56. The summed E-state index contributed by atoms with van der Waals surface area (Å²) in [6, 6.07) is 6.24. The number of nitrogens with one attached hydrogen (secondary N) is 1. The Balaban J connectivity index is 2.32. The lowest BCUT2D eigenvalue weighted by atomic mass is 10.3. The first kappa shape index (κ1) is 12.5. The Kier molecular flexibility index (Phi) is 3.57. The summed E-state index contributed by atoms with van der Waals surface area (Å²) in [6.45, 7) is 0. The van der Waals surface area contributed by atoms with Crippen molar-refractivity contribution >= 4 is 29.2 Å². The van der Waals surface area contributed by atoms with Crippen molar-refractivity contribution in [2.75, 3.05) is 24.3 Å². The van der Waals surface area contributed by atoms with Crippen molar-refractivity contribution in [3.8, 4) is 0 Å². The highest BCUT2D eigenvalue weighted by Crippen LogP contribution is 2.19. The first-order valence-corrected chi connectivity index (χ1v) is 5.54. The number of benzene rings is 1. The van der Waals surface area contributed by atoms with Crippen LogP contribution in [0.4, 0.5) is 22.0 Å². The molecule has 0 saturated carbocycles. The average molecular weight is 268 g/mol. The highest BCUT2D eigenvalue weighted by atomic mass is 35.5. The molecule has 0 aliphatic heterocycles. The van der Waals surface area contributed by atoms with Gasteiger partial charge in [-0.25, -0.2) is 4.39 Å². The minimum atomic E-state index is -0.388. The van der Waals surface area contributed by atoms with E-state index in [9.17, 15) is 4.39 Å². The average Bonchev–Trinajstić information content (AvgIpc) is 2.31. The zero-order chi connectivity index (χ0) is 13.1. The third kappa shape index (κ3) is 2.84. The molecule has 0 bridgehead atoms. The summed E-state index contributed by atoms with van der Waals surface area (Å²) in [5, 5.41) is 2.81. The predicted octanol–water partition coefficient (Wildman–Crippen LogP) is 2.47. The van der Waals surface area contributed by atoms with Gasteiger partial charge in [0.15, 0.2) is 0 Å². The van der Waals surface area contributed by atoms with Crippen LogP contribution in [0, 0.1) is 5.82 Å². The highest BCUT2D eigenvalue weighted by molar-refractivity contribution is 6.28. The Morgan fingerprint density at radius 3 is 2.56 bits per heavy atom. The normalized spacial score (nSPS) is 10.2. The molecule has 1 N–H and O–H groups in total. The van der Waals surface area contributed by atoms with Crippen molar-refractivity contribution in [1.29, 1.82) is 0 Å². The Morgan fingerprint density at radius 1 is 1.17 bits per heavy atom. The molecule has 1 aromatic heterocycles. The summed E-state index contributed by atoms with van der Waals surface area (Å²) < 4.78 is 13.5. The smallest absolute Gasteiger partial charge is 0.233 e. The van der Waals surface area contributed by atoms with Gasteiger partial charge in [0, 0.05) is 14.1 Å². The number of hydrogen-bond acceptors (Lipinski definition) is 5. The van der Waals surface area contributed by atoms with Crippen molar-refractivity contribution in [2.45, 2.75) is 0 Å². The van der Waals surface area contributed by atoms with E-state index in [-0.39, 0.29) is 22.7 Å². The topological polar surface area (TPSA) is 53.9 Å². The zero-order valence-corrected chi connectivity index (χ0v) is 10.6. The largest absolute Gasteiger partial charge is 0.347 e. The minimum absolute atomic E-state index is 0.0486. The first-order valence-electron chi connectivity index (χ1n) is 5.16. The molecular weight excluding hydrogens is 257 g/mol. The maximum atomic E-state index is 13.5. The van der Waals surface area contributed by atoms with Crippen LogP contribution < -0.4 is 10.2 Å². The number of halogens is 2. The van der Waals surface area contributed by atoms with E-state index in [4.69, 9.17) is 11.6 Å². The van der Waals surface area contributed by atoms with E-state index < -0.39 is 0 Å². The third-order valence-electron chi connectivity index (χ3n) is 2.12. The molecule has 5 nitrogen and oxygen atoms in total. The van der Waals surface area contributed by atoms with Crippen LogP contribution >= 0.6 is 11.6 Å². The molecule has 0 amide bonds. The molecule has 0 unspecified atom stereocenters. The summed E-state index contributed by atoms with van der Waals surface area (Å²) in [5.41, 5.74) is 0.282. The zero-order valence-electron chi connectivity index (χ0n) is 9.85. The summed E-state index contributed by atoms with van der Waals surface area (Å²) in [5.74, 6) is 0.207. The van der Waals surface area contributed by atoms with Gasteiger partial charge in [-0.3, -0.25) is 0 Å². The van der Waals surface area contributed by atoms with Crippen LogP contribution in [0.5, 0.6) is 0 Å². The third-order valence-corrected chi connectivity index (χ3v) is 2.29. The molecule has 0 aliphatic carbocycles. The van der Waals surface area contributed by atoms with E-state index in [0.29, 0.717) is 5.95 Å². The SMILES string of the molecule is CN(C)c1nc(Cl)nc(Nc2ccccc2F)n1. The van der Waals surface area contributed by atoms with Crippen molar-refractivity contribution in [3.05, 3.63) is 35.4 Å². The Bertz CT molecular complexity index is 561. The molecule has 7 heteroatoms. The van der Waals surface area contributed by atoms with E-state index in [1.807, 2.05) is 0 Å². The van der Waals surface area contributed by atoms with Gasteiger partial charge in [-0.05, 0) is 23.7 Å². The van der Waals surface area contributed by atoms with Crippen LogP contribution in [0.25, 0.3) is 0 Å². The molecule has 94 valence electrons. The van der Waals surface area contributed by atoms with Crippen LogP contribution in [0.1, 0.15) is 0 Å². The number of aromatic nitrogens is 3. The number of rotatable bonds is 3. The van der Waals surface area contributed by atoms with Gasteiger partial charge in [0.1, 0.15) is 5.82 Å². The van der Waals surface area contributed by atoms with Gasteiger partial charge >= 0.3 is 0 Å². The molecular formula is C11H11ClFN5. The van der Waals surface area contributed by atoms with Crippen molar-refractivity contribution < 1.29 is 4.39 Å². The molecule has 18 heavy (non-hydrogen) atoms. The van der Waals surface area contributed by atoms with Gasteiger partial charge in [-0.15, -0.1) is 0 Å². The Morgan fingerprint density at radius 2 is 1.89 bits per heavy atom. The van der Waals surface area contributed by atoms with E-state index in [1.54, 1.807) is 37.2 Å². The second-order valence-corrected chi connectivity index (χ2v) is 4.07. The Hall–Kier alpha value is -1.95. The lowest BCUT2D eigenvalue weighted by Gasteiger charge is -2.12. The molecule has 1 heterocycles. The van der Waals surface area contributed by atoms with Crippen molar-refractivity contribution in [1.82, 2.24) is 15.0 Å². The minimum Gasteiger partial charge on any atom is -0.347 e. The molecule has 0 aliphatic rings. The van der Waals surface area contributed by atoms with Crippen LogP contribution in [-0.4, -0.2) is 29.0 Å². The highest BCUT2D eigenvalue weighted by Gasteiger charge is 2.08. The summed E-state index contributed by atoms with van der Waals surface area (Å²) >= 11 is 5.78. The molecule has 0 spiro atoms. The fourth-order valence-corrected chi connectivity index (χ4v) is 1.43. The quantitative estimate of drug-likeness (QED) is 0.926. The Labute approximate surface area is 109 Å². The van der Waals surface area contributed by atoms with E-state index in [1.165, 1.54) is 6.07 Å². The molecule has 0 fully saturated rings. The van der Waals surface area contributed by atoms with Gasteiger partial charge in [-0.2, -0.15) is 15.0 Å². The van der Waals surface area contributed by atoms with Gasteiger partial charge in [0.05, 0.1) is 5.69 Å². The van der Waals surface area contributed by atoms with Gasteiger partial charge in [-0.1, -0.05) is 12.1 Å². The molecule has 2 rings (SSSR count). The van der Waals surface area contributed by atoms with Gasteiger partial charge in [0.2, 0.25) is 17.2 Å². The van der Waals surface area contributed by atoms with Crippen molar-refractivity contribution in [2.24, 2.45) is 0 Å². The second-order valence-electron chi connectivity index (χ2n) is 3.73. The van der Waals surface area contributed by atoms with Crippen LogP contribution in [0.3, 0.4) is 0 Å². The monoisotopic (exact) mass is 267 g/mol. The summed E-state index contributed by atoms with van der Waals surface area (Å²) in [4.78, 5) is 13.6.